The smallest absolute Gasteiger partial charge is 0.246 e. The first kappa shape index (κ1) is 18.0. The Bertz CT molecular complexity index is 740. The van der Waals surface area contributed by atoms with Gasteiger partial charge in [-0.2, -0.15) is 5.26 Å². The Morgan fingerprint density at radius 2 is 1.81 bits per heavy atom. The number of nitriles is 1. The van der Waals surface area contributed by atoms with Crippen LogP contribution in [-0.2, 0) is 11.3 Å². The van der Waals surface area contributed by atoms with Crippen molar-refractivity contribution in [1.29, 1.82) is 5.26 Å². The molecule has 1 spiro atoms. The lowest BCUT2D eigenvalue weighted by molar-refractivity contribution is -0.125. The van der Waals surface area contributed by atoms with E-state index >= 15 is 0 Å². The highest BCUT2D eigenvalue weighted by atomic mass is 16.2. The number of benzene rings is 1. The van der Waals surface area contributed by atoms with Crippen LogP contribution in [0.5, 0.6) is 0 Å². The van der Waals surface area contributed by atoms with Gasteiger partial charge in [0.25, 0.3) is 0 Å². The van der Waals surface area contributed by atoms with Crippen molar-refractivity contribution in [3.63, 3.8) is 0 Å². The number of carbonyl (C=O) groups excluding carboxylic acids is 1. The third-order valence-electron chi connectivity index (χ3n) is 6.12. The van der Waals surface area contributed by atoms with Crippen LogP contribution in [0.1, 0.15) is 37.7 Å². The number of hydrogen-bond donors (Lipinski definition) is 1. The SMILES string of the molecule is N#C[C@H]1C(=O)NC(N2CCCCC2)=NC12CCN(Cc1ccccc1)CC2. The summed E-state index contributed by atoms with van der Waals surface area (Å²) in [5, 5.41) is 12.6. The number of nitrogens with one attached hydrogen (secondary N) is 1. The number of piperidine rings is 2. The van der Waals surface area contributed by atoms with E-state index in [-0.39, 0.29) is 5.91 Å². The molecule has 4 rings (SSSR count). The minimum Gasteiger partial charge on any atom is -0.343 e. The monoisotopic (exact) mass is 365 g/mol. The lowest BCUT2D eigenvalue weighted by Crippen LogP contribution is -2.60. The van der Waals surface area contributed by atoms with E-state index in [1.54, 1.807) is 0 Å². The van der Waals surface area contributed by atoms with Crippen LogP contribution in [-0.4, -0.2) is 53.4 Å². The molecule has 6 heteroatoms. The molecule has 3 aliphatic heterocycles. The van der Waals surface area contributed by atoms with E-state index in [0.717, 1.165) is 58.4 Å². The predicted octanol–water partition coefficient (Wildman–Crippen LogP) is 2.13. The summed E-state index contributed by atoms with van der Waals surface area (Å²) in [4.78, 5) is 22.3. The second kappa shape index (κ2) is 7.69. The average molecular weight is 365 g/mol. The van der Waals surface area contributed by atoms with E-state index in [1.807, 2.05) is 6.07 Å². The zero-order chi connectivity index (χ0) is 18.7. The molecule has 3 aliphatic rings. The first-order valence-electron chi connectivity index (χ1n) is 10.0. The highest BCUT2D eigenvalue weighted by molar-refractivity contribution is 6.02. The van der Waals surface area contributed by atoms with Crippen LogP contribution in [0.2, 0.25) is 0 Å². The van der Waals surface area contributed by atoms with Gasteiger partial charge in [-0.25, -0.2) is 4.99 Å². The molecule has 0 bridgehead atoms. The van der Waals surface area contributed by atoms with E-state index in [4.69, 9.17) is 4.99 Å². The summed E-state index contributed by atoms with van der Waals surface area (Å²) in [5.41, 5.74) is 0.723. The molecule has 142 valence electrons. The van der Waals surface area contributed by atoms with E-state index in [1.165, 1.54) is 12.0 Å². The highest BCUT2D eigenvalue weighted by Gasteiger charge is 2.49. The van der Waals surface area contributed by atoms with Gasteiger partial charge < -0.3 is 4.90 Å². The van der Waals surface area contributed by atoms with Crippen molar-refractivity contribution in [3.8, 4) is 6.07 Å². The highest BCUT2D eigenvalue weighted by Crippen LogP contribution is 2.37. The number of nitrogens with zero attached hydrogens (tertiary/aromatic N) is 4. The number of rotatable bonds is 2. The maximum atomic E-state index is 12.7. The van der Waals surface area contributed by atoms with Gasteiger partial charge in [0.15, 0.2) is 5.92 Å². The van der Waals surface area contributed by atoms with Crippen LogP contribution in [0.4, 0.5) is 0 Å². The van der Waals surface area contributed by atoms with E-state index in [2.05, 4.69) is 45.5 Å². The lowest BCUT2D eigenvalue weighted by atomic mass is 9.76. The van der Waals surface area contributed by atoms with Gasteiger partial charge in [-0.05, 0) is 37.7 Å². The number of amides is 1. The van der Waals surface area contributed by atoms with E-state index in [9.17, 15) is 10.1 Å². The standard InChI is InChI=1S/C21H27N5O/c22-15-18-19(27)23-20(26-11-5-2-6-12-26)24-21(18)9-13-25(14-10-21)16-17-7-3-1-4-8-17/h1,3-4,7-8,18H,2,5-6,9-14,16H2,(H,23,24,27)/t18-/m0/s1. The summed E-state index contributed by atoms with van der Waals surface area (Å²) >= 11 is 0. The molecule has 1 N–H and O–H groups in total. The van der Waals surface area contributed by atoms with Gasteiger partial charge in [-0.15, -0.1) is 0 Å². The molecule has 3 heterocycles. The molecule has 0 radical (unpaired) electrons. The largest absolute Gasteiger partial charge is 0.343 e. The third kappa shape index (κ3) is 3.70. The minimum absolute atomic E-state index is 0.176. The molecule has 0 saturated carbocycles. The Morgan fingerprint density at radius 3 is 2.48 bits per heavy atom. The van der Waals surface area contributed by atoms with Crippen LogP contribution >= 0.6 is 0 Å². The fraction of sp³-hybridized carbons (Fsp3) is 0.571. The topological polar surface area (TPSA) is 71.7 Å². The Labute approximate surface area is 160 Å². The van der Waals surface area contributed by atoms with Gasteiger partial charge in [-0.3, -0.25) is 15.0 Å². The number of hydrogen-bond acceptors (Lipinski definition) is 5. The molecule has 2 fully saturated rings. The fourth-order valence-electron chi connectivity index (χ4n) is 4.50. The third-order valence-corrected chi connectivity index (χ3v) is 6.12. The van der Waals surface area contributed by atoms with Crippen LogP contribution < -0.4 is 5.32 Å². The molecule has 2 saturated heterocycles. The Kier molecular flexibility index (Phi) is 5.13. The van der Waals surface area contributed by atoms with Gasteiger partial charge in [0.2, 0.25) is 11.9 Å². The molecule has 1 aromatic carbocycles. The molecular weight excluding hydrogens is 338 g/mol. The molecule has 0 unspecified atom stereocenters. The van der Waals surface area contributed by atoms with E-state index in [0.29, 0.717) is 5.96 Å². The van der Waals surface area contributed by atoms with Crippen LogP contribution in [0.15, 0.2) is 35.3 Å². The Hall–Kier alpha value is -2.39. The van der Waals surface area contributed by atoms with E-state index < -0.39 is 11.5 Å². The van der Waals surface area contributed by atoms with Crippen molar-refractivity contribution in [2.24, 2.45) is 10.9 Å². The molecular formula is C21H27N5O. The summed E-state index contributed by atoms with van der Waals surface area (Å²) in [7, 11) is 0. The quantitative estimate of drug-likeness (QED) is 0.872. The Morgan fingerprint density at radius 1 is 1.11 bits per heavy atom. The van der Waals surface area contributed by atoms with Crippen LogP contribution in [0, 0.1) is 17.2 Å². The predicted molar refractivity (Wildman–Crippen MR) is 104 cm³/mol. The normalized spacial score (nSPS) is 25.6. The van der Waals surface area contributed by atoms with Crippen LogP contribution in [0.25, 0.3) is 0 Å². The number of guanidine groups is 1. The van der Waals surface area contributed by atoms with Gasteiger partial charge >= 0.3 is 0 Å². The molecule has 0 aliphatic carbocycles. The lowest BCUT2D eigenvalue weighted by Gasteiger charge is -2.45. The van der Waals surface area contributed by atoms with Gasteiger partial charge in [0.1, 0.15) is 0 Å². The number of likely N-dealkylation sites (tertiary alicyclic amines) is 2. The molecule has 27 heavy (non-hydrogen) atoms. The average Bonchev–Trinajstić information content (AvgIpc) is 2.71. The summed E-state index contributed by atoms with van der Waals surface area (Å²) in [6, 6.07) is 12.7. The minimum atomic E-state index is -0.690. The van der Waals surface area contributed by atoms with Crippen molar-refractivity contribution >= 4 is 11.9 Å². The summed E-state index contributed by atoms with van der Waals surface area (Å²) in [6.45, 7) is 4.50. The molecule has 1 amide bonds. The first-order chi connectivity index (χ1) is 13.2. The summed E-state index contributed by atoms with van der Waals surface area (Å²) in [5.74, 6) is -0.169. The van der Waals surface area contributed by atoms with Crippen molar-refractivity contribution in [1.82, 2.24) is 15.1 Å². The summed E-state index contributed by atoms with van der Waals surface area (Å²) in [6.07, 6.45) is 5.01. The second-order valence-corrected chi connectivity index (χ2v) is 7.90. The van der Waals surface area contributed by atoms with Crippen molar-refractivity contribution in [3.05, 3.63) is 35.9 Å². The first-order valence-corrected chi connectivity index (χ1v) is 10.0. The summed E-state index contributed by atoms with van der Waals surface area (Å²) < 4.78 is 0. The molecule has 1 atom stereocenters. The van der Waals surface area contributed by atoms with Crippen LogP contribution in [0.3, 0.4) is 0 Å². The van der Waals surface area contributed by atoms with Crippen molar-refractivity contribution in [2.45, 2.75) is 44.2 Å². The van der Waals surface area contributed by atoms with Gasteiger partial charge in [0, 0.05) is 32.7 Å². The van der Waals surface area contributed by atoms with Gasteiger partial charge in [0.05, 0.1) is 11.6 Å². The fourth-order valence-corrected chi connectivity index (χ4v) is 4.50. The van der Waals surface area contributed by atoms with Crippen molar-refractivity contribution < 1.29 is 4.79 Å². The molecule has 0 aromatic heterocycles. The molecule has 1 aromatic rings. The Balaban J connectivity index is 1.51. The number of aliphatic imine (C=N–C) groups is 1. The van der Waals surface area contributed by atoms with Crippen molar-refractivity contribution in [2.75, 3.05) is 26.2 Å². The van der Waals surface area contributed by atoms with Gasteiger partial charge in [-0.1, -0.05) is 30.3 Å². The zero-order valence-corrected chi connectivity index (χ0v) is 15.7. The number of carbonyl (C=O) groups is 1. The molecule has 6 nitrogen and oxygen atoms in total. The maximum Gasteiger partial charge on any atom is 0.246 e. The maximum absolute atomic E-state index is 12.7. The zero-order valence-electron chi connectivity index (χ0n) is 15.7. The second-order valence-electron chi connectivity index (χ2n) is 7.90.